The van der Waals surface area contributed by atoms with Crippen molar-refractivity contribution in [3.05, 3.63) is 77.0 Å². The first-order chi connectivity index (χ1) is 17.3. The van der Waals surface area contributed by atoms with Crippen molar-refractivity contribution in [2.45, 2.75) is 69.1 Å². The number of halogens is 3. The number of benzene rings is 2. The number of ketones is 1. The summed E-state index contributed by atoms with van der Waals surface area (Å²) in [6, 6.07) is 12.6. The van der Waals surface area contributed by atoms with Gasteiger partial charge >= 0.3 is 6.18 Å². The third-order valence-electron chi connectivity index (χ3n) is 7.48. The van der Waals surface area contributed by atoms with Crippen LogP contribution in [0.5, 0.6) is 5.75 Å². The third kappa shape index (κ3) is 4.99. The molecule has 2 atom stereocenters. The van der Waals surface area contributed by atoms with Crippen LogP contribution in [0.15, 0.2) is 54.7 Å². The molecule has 1 N–H and O–H groups in total. The highest BCUT2D eigenvalue weighted by atomic mass is 19.4. The molecule has 5 rings (SSSR count). The lowest BCUT2D eigenvalue weighted by molar-refractivity contribution is -0.173. The van der Waals surface area contributed by atoms with Crippen molar-refractivity contribution >= 4 is 11.6 Å². The van der Waals surface area contributed by atoms with Crippen LogP contribution in [0.1, 0.15) is 83.6 Å². The summed E-state index contributed by atoms with van der Waals surface area (Å²) in [7, 11) is 1.54. The Kier molecular flexibility index (Phi) is 6.77. The lowest BCUT2D eigenvalue weighted by Crippen LogP contribution is -2.36. The number of Topliss-reactive ketones (excluding diaryl/α,β-unsaturated/α-hetero) is 1. The van der Waals surface area contributed by atoms with Gasteiger partial charge < -0.3 is 10.1 Å². The average molecular weight is 498 g/mol. The molecule has 0 saturated heterocycles. The molecule has 36 heavy (non-hydrogen) atoms. The molecule has 0 bridgehead atoms. The highest BCUT2D eigenvalue weighted by Gasteiger charge is 2.47. The Balaban J connectivity index is 1.37. The maximum Gasteiger partial charge on any atom is 0.410 e. The molecule has 3 aromatic rings. The zero-order chi connectivity index (χ0) is 25.3. The number of alkyl halides is 3. The van der Waals surface area contributed by atoms with Crippen LogP contribution >= 0.6 is 0 Å². The van der Waals surface area contributed by atoms with Gasteiger partial charge in [-0.2, -0.15) is 18.3 Å². The van der Waals surface area contributed by atoms with Gasteiger partial charge in [0.1, 0.15) is 11.6 Å². The molecule has 1 fully saturated rings. The van der Waals surface area contributed by atoms with Crippen molar-refractivity contribution in [3.8, 4) is 5.75 Å². The quantitative estimate of drug-likeness (QED) is 0.372. The summed E-state index contributed by atoms with van der Waals surface area (Å²) in [5, 5.41) is 7.15. The summed E-state index contributed by atoms with van der Waals surface area (Å²) in [5.41, 5.74) is 3.01. The summed E-state index contributed by atoms with van der Waals surface area (Å²) < 4.78 is 48.0. The van der Waals surface area contributed by atoms with Crippen molar-refractivity contribution in [1.82, 2.24) is 9.78 Å². The molecule has 0 amide bonds. The summed E-state index contributed by atoms with van der Waals surface area (Å²) in [4.78, 5) is 13.2. The summed E-state index contributed by atoms with van der Waals surface area (Å²) >= 11 is 0. The van der Waals surface area contributed by atoms with E-state index in [2.05, 4.69) is 22.5 Å². The van der Waals surface area contributed by atoms with Gasteiger partial charge in [-0.3, -0.25) is 4.79 Å². The van der Waals surface area contributed by atoms with Crippen LogP contribution in [-0.2, 0) is 6.42 Å². The topological polar surface area (TPSA) is 56.2 Å². The van der Waals surface area contributed by atoms with Gasteiger partial charge in [-0.05, 0) is 47.6 Å². The van der Waals surface area contributed by atoms with Crippen molar-refractivity contribution in [2.24, 2.45) is 0 Å². The first-order valence-corrected chi connectivity index (χ1v) is 12.5. The zero-order valence-electron chi connectivity index (χ0n) is 20.2. The molecule has 190 valence electrons. The van der Waals surface area contributed by atoms with Gasteiger partial charge in [0.25, 0.3) is 0 Å². The predicted octanol–water partition coefficient (Wildman–Crippen LogP) is 7.03. The number of carbonyl (C=O) groups is 1. The first-order valence-electron chi connectivity index (χ1n) is 12.5. The monoisotopic (exact) mass is 497 g/mol. The molecule has 1 saturated carbocycles. The number of fused-ring (bicyclic) bond motifs is 1. The molecule has 1 aromatic heterocycles. The maximum absolute atomic E-state index is 14.0. The van der Waals surface area contributed by atoms with E-state index < -0.39 is 18.3 Å². The van der Waals surface area contributed by atoms with Crippen LogP contribution < -0.4 is 10.1 Å². The zero-order valence-corrected chi connectivity index (χ0v) is 20.2. The fourth-order valence-electron chi connectivity index (χ4n) is 5.45. The number of ether oxygens (including phenoxy) is 1. The van der Waals surface area contributed by atoms with E-state index in [0.717, 1.165) is 10.2 Å². The van der Waals surface area contributed by atoms with Crippen LogP contribution in [0, 0.1) is 0 Å². The highest BCUT2D eigenvalue weighted by Crippen LogP contribution is 2.44. The van der Waals surface area contributed by atoms with Gasteiger partial charge in [-0.25, -0.2) is 4.68 Å². The number of nitrogens with one attached hydrogen (secondary N) is 1. The number of hydrogen-bond donors (Lipinski definition) is 1. The van der Waals surface area contributed by atoms with Gasteiger partial charge in [0.2, 0.25) is 0 Å². The molecule has 2 unspecified atom stereocenters. The molecule has 0 radical (unpaired) electrons. The smallest absolute Gasteiger partial charge is 0.410 e. The Morgan fingerprint density at radius 1 is 1.03 bits per heavy atom. The van der Waals surface area contributed by atoms with Crippen molar-refractivity contribution in [3.63, 3.8) is 0 Å². The molecular formula is C28H30F3N3O2. The van der Waals surface area contributed by atoms with Crippen LogP contribution in [0.25, 0.3) is 0 Å². The van der Waals surface area contributed by atoms with E-state index >= 15 is 0 Å². The average Bonchev–Trinajstić information content (AvgIpc) is 3.33. The number of aromatic nitrogens is 2. The lowest BCUT2D eigenvalue weighted by atomic mass is 9.84. The van der Waals surface area contributed by atoms with Gasteiger partial charge in [0, 0.05) is 12.8 Å². The van der Waals surface area contributed by atoms with E-state index in [-0.39, 0.29) is 30.0 Å². The van der Waals surface area contributed by atoms with Gasteiger partial charge in [-0.15, -0.1) is 0 Å². The van der Waals surface area contributed by atoms with E-state index in [1.165, 1.54) is 51.0 Å². The second-order valence-corrected chi connectivity index (χ2v) is 9.79. The lowest BCUT2D eigenvalue weighted by Gasteiger charge is -2.34. The standard InChI is InChI=1S/C28H30F3N3O2/c1-36-22-13-11-21(12-14-22)24-16-26(28(29,30)31)34-27(33-24)23(17-32-34)25(35)15-18-7-9-20(10-8-18)19-5-3-2-4-6-19/h7-14,17,19,24,26,33H,2-6,15-16H2,1H3. The van der Waals surface area contributed by atoms with Crippen molar-refractivity contribution < 1.29 is 22.7 Å². The normalized spacial score (nSPS) is 20.4. The number of rotatable bonds is 6. The largest absolute Gasteiger partial charge is 0.497 e. The molecule has 2 aliphatic rings. The summed E-state index contributed by atoms with van der Waals surface area (Å²) in [6.45, 7) is 0. The first kappa shape index (κ1) is 24.4. The molecule has 2 heterocycles. The minimum atomic E-state index is -4.50. The summed E-state index contributed by atoms with van der Waals surface area (Å²) in [6.07, 6.45) is 2.84. The molecule has 1 aliphatic carbocycles. The highest BCUT2D eigenvalue weighted by molar-refractivity contribution is 6.01. The number of nitrogens with zero attached hydrogens (tertiary/aromatic N) is 2. The van der Waals surface area contributed by atoms with Gasteiger partial charge in [0.15, 0.2) is 11.8 Å². The van der Waals surface area contributed by atoms with E-state index in [0.29, 0.717) is 17.2 Å². The van der Waals surface area contributed by atoms with E-state index in [4.69, 9.17) is 4.74 Å². The van der Waals surface area contributed by atoms with Gasteiger partial charge in [-0.1, -0.05) is 55.7 Å². The molecule has 5 nitrogen and oxygen atoms in total. The second kappa shape index (κ2) is 9.99. The van der Waals surface area contributed by atoms with Crippen LogP contribution in [0.2, 0.25) is 0 Å². The molecular weight excluding hydrogens is 467 g/mol. The Morgan fingerprint density at radius 3 is 2.33 bits per heavy atom. The van der Waals surface area contributed by atoms with Gasteiger partial charge in [0.05, 0.1) is 24.9 Å². The summed E-state index contributed by atoms with van der Waals surface area (Å²) in [5.74, 6) is 1.06. The molecule has 1 aliphatic heterocycles. The van der Waals surface area contributed by atoms with Crippen molar-refractivity contribution in [2.75, 3.05) is 12.4 Å². The van der Waals surface area contributed by atoms with E-state index in [1.807, 2.05) is 12.1 Å². The fraction of sp³-hybridized carbons (Fsp3) is 0.429. The SMILES string of the molecule is COc1ccc(C2CC(C(F)(F)F)n3ncc(C(=O)Cc4ccc(C5CCCCC5)cc4)c3N2)cc1. The Labute approximate surface area is 208 Å². The Bertz CT molecular complexity index is 1200. The van der Waals surface area contributed by atoms with E-state index in [1.54, 1.807) is 24.3 Å². The number of anilines is 1. The molecule has 8 heteroatoms. The minimum Gasteiger partial charge on any atom is -0.497 e. The predicted molar refractivity (Wildman–Crippen MR) is 132 cm³/mol. The Morgan fingerprint density at radius 2 is 1.69 bits per heavy atom. The number of methoxy groups -OCH3 is 1. The minimum absolute atomic E-state index is 0.106. The maximum atomic E-state index is 14.0. The molecule has 0 spiro atoms. The van der Waals surface area contributed by atoms with Crippen LogP contribution in [0.4, 0.5) is 19.0 Å². The number of carbonyl (C=O) groups excluding carboxylic acids is 1. The van der Waals surface area contributed by atoms with Crippen LogP contribution in [-0.4, -0.2) is 28.8 Å². The molecule has 2 aromatic carbocycles. The van der Waals surface area contributed by atoms with Crippen LogP contribution in [0.3, 0.4) is 0 Å². The Hall–Kier alpha value is -3.29. The van der Waals surface area contributed by atoms with Crippen molar-refractivity contribution in [1.29, 1.82) is 0 Å². The number of hydrogen-bond acceptors (Lipinski definition) is 4. The second-order valence-electron chi connectivity index (χ2n) is 9.79. The third-order valence-corrected chi connectivity index (χ3v) is 7.48. The van der Waals surface area contributed by atoms with E-state index in [9.17, 15) is 18.0 Å². The fourth-order valence-corrected chi connectivity index (χ4v) is 5.45.